The van der Waals surface area contributed by atoms with E-state index in [1.54, 1.807) is 24.3 Å². The fourth-order valence-corrected chi connectivity index (χ4v) is 3.32. The Morgan fingerprint density at radius 3 is 2.63 bits per heavy atom. The molecule has 2 aromatic carbocycles. The molecule has 0 saturated carbocycles. The molecular formula is C18H13ClN2O5S. The number of hydrogen-bond donors (Lipinski definition) is 3. The zero-order valence-electron chi connectivity index (χ0n) is 13.9. The zero-order chi connectivity index (χ0) is 19.6. The van der Waals surface area contributed by atoms with Gasteiger partial charge >= 0.3 is 5.97 Å². The first-order valence-corrected chi connectivity index (χ1v) is 8.76. The van der Waals surface area contributed by atoms with Crippen LogP contribution in [0, 0.1) is 0 Å². The first kappa shape index (κ1) is 18.8. The molecule has 7 nitrogen and oxygen atoms in total. The number of benzene rings is 2. The molecule has 0 bridgehead atoms. The molecule has 9 heteroatoms. The van der Waals surface area contributed by atoms with Crippen LogP contribution < -0.4 is 10.1 Å². The molecule has 1 aliphatic heterocycles. The number of carbonyl (C=O) groups is 2. The molecule has 1 aliphatic rings. The van der Waals surface area contributed by atoms with Gasteiger partial charge in [-0.3, -0.25) is 4.79 Å². The quantitative estimate of drug-likeness (QED) is 0.671. The van der Waals surface area contributed by atoms with Crippen LogP contribution in [0.2, 0.25) is 5.02 Å². The molecule has 1 fully saturated rings. The van der Waals surface area contributed by atoms with Crippen LogP contribution in [0.15, 0.2) is 46.3 Å². The molecule has 0 aliphatic carbocycles. The smallest absolute Gasteiger partial charge is 0.335 e. The summed E-state index contributed by atoms with van der Waals surface area (Å²) in [4.78, 5) is 27.7. The number of carboxylic acids is 1. The van der Waals surface area contributed by atoms with E-state index in [1.807, 2.05) is 0 Å². The SMILES string of the molecule is COc1cc(/C=C2\SC(=Nc3ccc(C(=O)O)cc3)NC2=O)cc(Cl)c1O. The zero-order valence-corrected chi connectivity index (χ0v) is 15.5. The molecule has 138 valence electrons. The van der Waals surface area contributed by atoms with Gasteiger partial charge in [-0.2, -0.15) is 0 Å². The Hall–Kier alpha value is -2.97. The summed E-state index contributed by atoms with van der Waals surface area (Å²) in [7, 11) is 1.40. The Bertz CT molecular complexity index is 986. The number of thioether (sulfide) groups is 1. The molecular weight excluding hydrogens is 392 g/mol. The van der Waals surface area contributed by atoms with E-state index in [0.717, 1.165) is 11.8 Å². The van der Waals surface area contributed by atoms with Crippen molar-refractivity contribution in [3.05, 3.63) is 57.5 Å². The number of phenolic OH excluding ortho intramolecular Hbond substituents is 1. The number of hydrogen-bond acceptors (Lipinski definition) is 6. The van der Waals surface area contributed by atoms with E-state index in [-0.39, 0.29) is 28.0 Å². The third-order valence-corrected chi connectivity index (χ3v) is 4.76. The van der Waals surface area contributed by atoms with E-state index in [2.05, 4.69) is 10.3 Å². The molecule has 3 rings (SSSR count). The number of methoxy groups -OCH3 is 1. The molecule has 3 N–H and O–H groups in total. The topological polar surface area (TPSA) is 108 Å². The van der Waals surface area contributed by atoms with Crippen LogP contribution in [0.5, 0.6) is 11.5 Å². The summed E-state index contributed by atoms with van der Waals surface area (Å²) in [6.07, 6.45) is 1.60. The fraction of sp³-hybridized carbons (Fsp3) is 0.0556. The predicted octanol–water partition coefficient (Wildman–Crippen LogP) is 3.64. The number of aromatic carboxylic acids is 1. The third-order valence-electron chi connectivity index (χ3n) is 3.56. The van der Waals surface area contributed by atoms with E-state index in [0.29, 0.717) is 21.3 Å². The van der Waals surface area contributed by atoms with E-state index in [9.17, 15) is 14.7 Å². The Morgan fingerprint density at radius 2 is 2.00 bits per heavy atom. The van der Waals surface area contributed by atoms with Gasteiger partial charge in [0.15, 0.2) is 16.7 Å². The maximum absolute atomic E-state index is 12.2. The summed E-state index contributed by atoms with van der Waals surface area (Å²) in [6, 6.07) is 9.04. The lowest BCUT2D eigenvalue weighted by atomic mass is 10.2. The maximum Gasteiger partial charge on any atom is 0.335 e. The number of amides is 1. The second-order valence-corrected chi connectivity index (χ2v) is 6.83. The maximum atomic E-state index is 12.2. The molecule has 0 spiro atoms. The standard InChI is InChI=1S/C18H13ClN2O5S/c1-26-13-7-9(6-12(19)15(13)22)8-14-16(23)21-18(27-14)20-11-4-2-10(3-5-11)17(24)25/h2-8,22H,1H3,(H,24,25)(H,20,21,23)/b14-8-. The van der Waals surface area contributed by atoms with Crippen LogP contribution in [-0.4, -0.2) is 34.4 Å². The summed E-state index contributed by atoms with van der Waals surface area (Å²) in [5.74, 6) is -1.32. The van der Waals surface area contributed by atoms with Crippen molar-refractivity contribution < 1.29 is 24.5 Å². The lowest BCUT2D eigenvalue weighted by molar-refractivity contribution is -0.115. The first-order chi connectivity index (χ1) is 12.9. The summed E-state index contributed by atoms with van der Waals surface area (Å²) in [6.45, 7) is 0. The van der Waals surface area contributed by atoms with Gasteiger partial charge in [0.2, 0.25) is 0 Å². The number of halogens is 1. The van der Waals surface area contributed by atoms with Crippen molar-refractivity contribution in [1.82, 2.24) is 5.32 Å². The van der Waals surface area contributed by atoms with E-state index >= 15 is 0 Å². The van der Waals surface area contributed by atoms with Gasteiger partial charge in [0.05, 0.1) is 28.3 Å². The van der Waals surface area contributed by atoms with Crippen molar-refractivity contribution >= 4 is 52.2 Å². The van der Waals surface area contributed by atoms with Crippen molar-refractivity contribution in [3.8, 4) is 11.5 Å². The fourth-order valence-electron chi connectivity index (χ4n) is 2.26. The minimum absolute atomic E-state index is 0.108. The molecule has 0 aromatic heterocycles. The summed E-state index contributed by atoms with van der Waals surface area (Å²) >= 11 is 7.09. The normalized spacial score (nSPS) is 16.6. The van der Waals surface area contributed by atoms with Crippen LogP contribution >= 0.6 is 23.4 Å². The van der Waals surface area contributed by atoms with Gasteiger partial charge in [0.1, 0.15) is 0 Å². The van der Waals surface area contributed by atoms with Crippen molar-refractivity contribution in [3.63, 3.8) is 0 Å². The minimum Gasteiger partial charge on any atom is -0.503 e. The van der Waals surface area contributed by atoms with Crippen LogP contribution in [-0.2, 0) is 4.79 Å². The third kappa shape index (κ3) is 4.24. The molecule has 0 unspecified atom stereocenters. The van der Waals surface area contributed by atoms with Crippen molar-refractivity contribution in [2.75, 3.05) is 7.11 Å². The summed E-state index contributed by atoms with van der Waals surface area (Å²) < 4.78 is 5.05. The molecule has 1 saturated heterocycles. The van der Waals surface area contributed by atoms with Gasteiger partial charge in [-0.15, -0.1) is 0 Å². The van der Waals surface area contributed by atoms with Crippen LogP contribution in [0.3, 0.4) is 0 Å². The highest BCUT2D eigenvalue weighted by molar-refractivity contribution is 8.18. The number of amidine groups is 1. The largest absolute Gasteiger partial charge is 0.503 e. The second kappa shape index (κ2) is 7.73. The lowest BCUT2D eigenvalue weighted by Crippen LogP contribution is -2.19. The van der Waals surface area contributed by atoms with Gasteiger partial charge in [0.25, 0.3) is 5.91 Å². The number of rotatable bonds is 4. The Kier molecular flexibility index (Phi) is 5.38. The van der Waals surface area contributed by atoms with Crippen molar-refractivity contribution in [2.24, 2.45) is 4.99 Å². The predicted molar refractivity (Wildman–Crippen MR) is 104 cm³/mol. The number of carboxylic acid groups (broad SMARTS) is 1. The molecule has 2 aromatic rings. The second-order valence-electron chi connectivity index (χ2n) is 5.39. The average Bonchev–Trinajstić information content (AvgIpc) is 2.97. The number of nitrogens with one attached hydrogen (secondary N) is 1. The summed E-state index contributed by atoms with van der Waals surface area (Å²) in [5, 5.41) is 21.8. The lowest BCUT2D eigenvalue weighted by Gasteiger charge is -2.06. The Labute approximate surface area is 163 Å². The Morgan fingerprint density at radius 1 is 1.30 bits per heavy atom. The number of phenols is 1. The van der Waals surface area contributed by atoms with Crippen LogP contribution in [0.4, 0.5) is 5.69 Å². The monoisotopic (exact) mass is 404 g/mol. The van der Waals surface area contributed by atoms with Crippen LogP contribution in [0.25, 0.3) is 6.08 Å². The van der Waals surface area contributed by atoms with Crippen molar-refractivity contribution in [2.45, 2.75) is 0 Å². The molecule has 27 heavy (non-hydrogen) atoms. The van der Waals surface area contributed by atoms with Gasteiger partial charge in [0, 0.05) is 0 Å². The number of carbonyl (C=O) groups excluding carboxylic acids is 1. The summed E-state index contributed by atoms with van der Waals surface area (Å²) in [5.41, 5.74) is 1.25. The molecule has 0 radical (unpaired) electrons. The molecule has 1 amide bonds. The number of aromatic hydroxyl groups is 1. The van der Waals surface area contributed by atoms with Crippen LogP contribution in [0.1, 0.15) is 15.9 Å². The van der Waals surface area contributed by atoms with Crippen molar-refractivity contribution in [1.29, 1.82) is 0 Å². The highest BCUT2D eigenvalue weighted by atomic mass is 35.5. The highest BCUT2D eigenvalue weighted by Gasteiger charge is 2.24. The number of aliphatic imine (C=N–C) groups is 1. The molecule has 0 atom stereocenters. The van der Waals surface area contributed by atoms with E-state index < -0.39 is 5.97 Å². The minimum atomic E-state index is -1.02. The van der Waals surface area contributed by atoms with E-state index in [1.165, 1.54) is 25.3 Å². The van der Waals surface area contributed by atoms with E-state index in [4.69, 9.17) is 21.4 Å². The highest BCUT2D eigenvalue weighted by Crippen LogP contribution is 2.36. The molecule has 1 heterocycles. The Balaban J connectivity index is 1.84. The average molecular weight is 405 g/mol. The number of nitrogens with zero attached hydrogens (tertiary/aromatic N) is 1. The first-order valence-electron chi connectivity index (χ1n) is 7.57. The number of ether oxygens (including phenoxy) is 1. The van der Waals surface area contributed by atoms with Gasteiger partial charge in [-0.05, 0) is 59.8 Å². The van der Waals surface area contributed by atoms with Gasteiger partial charge in [-0.1, -0.05) is 11.6 Å². The van der Waals surface area contributed by atoms with Gasteiger partial charge in [-0.25, -0.2) is 9.79 Å². The van der Waals surface area contributed by atoms with Gasteiger partial charge < -0.3 is 20.3 Å².